The molecule has 4 fully saturated rings. The SMILES string of the molecule is O=C(ON1C(=O)c2ccccc2C1=O)C1CN2CC3CC2(CO1)C3. The van der Waals surface area contributed by atoms with Gasteiger partial charge in [-0.15, -0.1) is 0 Å². The average molecular weight is 328 g/mol. The fourth-order valence-corrected chi connectivity index (χ4v) is 4.43. The van der Waals surface area contributed by atoms with Crippen LogP contribution in [0.25, 0.3) is 0 Å². The Morgan fingerprint density at radius 1 is 1.12 bits per heavy atom. The van der Waals surface area contributed by atoms with Gasteiger partial charge in [-0.3, -0.25) is 14.5 Å². The zero-order valence-corrected chi connectivity index (χ0v) is 12.9. The first-order valence-electron chi connectivity index (χ1n) is 8.14. The molecule has 0 radical (unpaired) electrons. The Morgan fingerprint density at radius 2 is 1.79 bits per heavy atom. The fraction of sp³-hybridized carbons (Fsp3) is 0.471. The molecule has 2 bridgehead atoms. The summed E-state index contributed by atoms with van der Waals surface area (Å²) in [6.07, 6.45) is 1.50. The summed E-state index contributed by atoms with van der Waals surface area (Å²) < 4.78 is 5.69. The Balaban J connectivity index is 1.30. The van der Waals surface area contributed by atoms with E-state index in [1.54, 1.807) is 24.3 Å². The molecule has 4 aliphatic heterocycles. The van der Waals surface area contributed by atoms with Crippen molar-refractivity contribution in [1.82, 2.24) is 9.96 Å². The maximum absolute atomic E-state index is 12.4. The zero-order valence-electron chi connectivity index (χ0n) is 12.9. The lowest BCUT2D eigenvalue weighted by molar-refractivity contribution is -0.193. The molecule has 124 valence electrons. The minimum absolute atomic E-state index is 0.108. The smallest absolute Gasteiger partial charge is 0.362 e. The predicted molar refractivity (Wildman–Crippen MR) is 79.8 cm³/mol. The number of carbonyl (C=O) groups is 3. The third-order valence-corrected chi connectivity index (χ3v) is 5.63. The van der Waals surface area contributed by atoms with Crippen molar-refractivity contribution in [2.24, 2.45) is 5.92 Å². The van der Waals surface area contributed by atoms with Crippen molar-refractivity contribution in [3.8, 4) is 0 Å². The molecule has 1 aromatic carbocycles. The standard InChI is InChI=1S/C17H16N2O5/c20-14-11-3-1-2-4-12(11)15(21)19(14)24-16(22)13-8-18-7-10-5-17(18,6-10)9-23-13/h1-4,10,13H,5-9H2. The van der Waals surface area contributed by atoms with Crippen LogP contribution in [0.5, 0.6) is 0 Å². The Kier molecular flexibility index (Phi) is 2.73. The number of hydroxylamine groups is 2. The van der Waals surface area contributed by atoms with E-state index in [1.165, 1.54) is 0 Å². The Hall–Kier alpha value is -2.25. The number of benzene rings is 1. The Bertz CT molecular complexity index is 735. The summed E-state index contributed by atoms with van der Waals surface area (Å²) in [5, 5.41) is 0.546. The minimum Gasteiger partial charge on any atom is -0.363 e. The highest BCUT2D eigenvalue weighted by atomic mass is 16.7. The van der Waals surface area contributed by atoms with E-state index < -0.39 is 23.9 Å². The van der Waals surface area contributed by atoms with E-state index in [1.807, 2.05) is 0 Å². The van der Waals surface area contributed by atoms with Gasteiger partial charge >= 0.3 is 5.97 Å². The average Bonchev–Trinajstić information content (AvgIpc) is 3.19. The summed E-state index contributed by atoms with van der Waals surface area (Å²) in [4.78, 5) is 44.3. The van der Waals surface area contributed by atoms with Gasteiger partial charge in [-0.2, -0.15) is 0 Å². The van der Waals surface area contributed by atoms with Crippen LogP contribution in [0.3, 0.4) is 0 Å². The van der Waals surface area contributed by atoms with Crippen molar-refractivity contribution in [2.45, 2.75) is 24.5 Å². The van der Waals surface area contributed by atoms with Crippen LogP contribution in [0.15, 0.2) is 24.3 Å². The van der Waals surface area contributed by atoms with Gasteiger partial charge in [0.2, 0.25) is 0 Å². The molecule has 2 amide bonds. The number of imide groups is 1. The highest BCUT2D eigenvalue weighted by Gasteiger charge is 2.59. The predicted octanol–water partition coefficient (Wildman–Crippen LogP) is 0.604. The Morgan fingerprint density at radius 3 is 2.46 bits per heavy atom. The van der Waals surface area contributed by atoms with Crippen LogP contribution >= 0.6 is 0 Å². The quantitative estimate of drug-likeness (QED) is 0.740. The minimum atomic E-state index is -0.765. The van der Waals surface area contributed by atoms with Crippen molar-refractivity contribution in [3.63, 3.8) is 0 Å². The summed E-state index contributed by atoms with van der Waals surface area (Å²) in [6.45, 7) is 1.95. The summed E-state index contributed by atoms with van der Waals surface area (Å²) >= 11 is 0. The van der Waals surface area contributed by atoms with Crippen LogP contribution < -0.4 is 0 Å². The molecule has 1 unspecified atom stereocenters. The second-order valence-electron chi connectivity index (χ2n) is 7.06. The van der Waals surface area contributed by atoms with E-state index in [9.17, 15) is 14.4 Å². The second kappa shape index (κ2) is 4.64. The third-order valence-electron chi connectivity index (χ3n) is 5.63. The first-order valence-corrected chi connectivity index (χ1v) is 8.14. The Labute approximate surface area is 138 Å². The van der Waals surface area contributed by atoms with Crippen LogP contribution in [0.2, 0.25) is 0 Å². The number of ether oxygens (including phenoxy) is 1. The zero-order chi connectivity index (χ0) is 16.5. The van der Waals surface area contributed by atoms with Crippen LogP contribution in [0, 0.1) is 5.92 Å². The van der Waals surface area contributed by atoms with E-state index >= 15 is 0 Å². The molecule has 4 heterocycles. The van der Waals surface area contributed by atoms with Crippen LogP contribution in [0.4, 0.5) is 0 Å². The molecule has 1 aliphatic carbocycles. The normalized spacial score (nSPS) is 33.9. The van der Waals surface area contributed by atoms with Gasteiger partial charge in [0.15, 0.2) is 6.10 Å². The van der Waals surface area contributed by atoms with Gasteiger partial charge in [0.25, 0.3) is 11.8 Å². The number of nitrogens with zero attached hydrogens (tertiary/aromatic N) is 2. The summed E-state index contributed by atoms with van der Waals surface area (Å²) in [7, 11) is 0. The molecule has 1 spiro atoms. The number of amides is 2. The number of fused-ring (bicyclic) bond motifs is 1. The third kappa shape index (κ3) is 1.76. The van der Waals surface area contributed by atoms with Crippen LogP contribution in [-0.2, 0) is 14.4 Å². The molecule has 1 saturated carbocycles. The lowest BCUT2D eigenvalue weighted by atomic mass is 9.73. The number of hydrogen-bond donors (Lipinski definition) is 0. The fourth-order valence-electron chi connectivity index (χ4n) is 4.43. The maximum Gasteiger partial charge on any atom is 0.362 e. The van der Waals surface area contributed by atoms with E-state index in [-0.39, 0.29) is 16.7 Å². The highest BCUT2D eigenvalue weighted by Crippen LogP contribution is 2.52. The van der Waals surface area contributed by atoms with Crippen LogP contribution in [-0.4, -0.2) is 59.1 Å². The molecule has 0 aromatic heterocycles. The maximum atomic E-state index is 12.4. The molecule has 5 aliphatic rings. The second-order valence-corrected chi connectivity index (χ2v) is 7.06. The lowest BCUT2D eigenvalue weighted by Gasteiger charge is -2.46. The van der Waals surface area contributed by atoms with Crippen molar-refractivity contribution < 1.29 is 24.0 Å². The van der Waals surface area contributed by atoms with Crippen LogP contribution in [0.1, 0.15) is 33.6 Å². The lowest BCUT2D eigenvalue weighted by Crippen LogP contribution is -2.59. The summed E-state index contributed by atoms with van der Waals surface area (Å²) in [5.74, 6) is -1.21. The van der Waals surface area contributed by atoms with E-state index in [2.05, 4.69) is 4.90 Å². The van der Waals surface area contributed by atoms with Crippen molar-refractivity contribution >= 4 is 17.8 Å². The number of hydrogen-bond acceptors (Lipinski definition) is 6. The number of carbonyl (C=O) groups excluding carboxylic acids is 3. The molecule has 3 saturated heterocycles. The first kappa shape index (κ1) is 14.1. The van der Waals surface area contributed by atoms with Crippen molar-refractivity contribution in [3.05, 3.63) is 35.4 Å². The monoisotopic (exact) mass is 328 g/mol. The molecule has 24 heavy (non-hydrogen) atoms. The molecule has 1 aromatic rings. The number of rotatable bonds is 2. The van der Waals surface area contributed by atoms with Crippen molar-refractivity contribution in [2.75, 3.05) is 19.7 Å². The number of morpholine rings is 1. The van der Waals surface area contributed by atoms with Gasteiger partial charge in [-0.25, -0.2) is 4.79 Å². The topological polar surface area (TPSA) is 76.2 Å². The van der Waals surface area contributed by atoms with E-state index in [0.29, 0.717) is 24.1 Å². The van der Waals surface area contributed by atoms with Crippen molar-refractivity contribution in [1.29, 1.82) is 0 Å². The van der Waals surface area contributed by atoms with Gasteiger partial charge in [0.05, 0.1) is 17.7 Å². The summed E-state index contributed by atoms with van der Waals surface area (Å²) in [6, 6.07) is 6.42. The van der Waals surface area contributed by atoms with Gasteiger partial charge in [0, 0.05) is 18.6 Å². The molecule has 0 N–H and O–H groups in total. The van der Waals surface area contributed by atoms with Gasteiger partial charge < -0.3 is 9.57 Å². The highest BCUT2D eigenvalue weighted by molar-refractivity contribution is 6.20. The molecule has 7 nitrogen and oxygen atoms in total. The molecule has 1 atom stereocenters. The molecular formula is C17H16N2O5. The van der Waals surface area contributed by atoms with Gasteiger partial charge in [-0.05, 0) is 30.9 Å². The molecular weight excluding hydrogens is 312 g/mol. The first-order chi connectivity index (χ1) is 11.6. The summed E-state index contributed by atoms with van der Waals surface area (Å²) in [5.41, 5.74) is 0.607. The molecule has 7 heteroatoms. The van der Waals surface area contributed by atoms with Gasteiger partial charge in [0.1, 0.15) is 0 Å². The van der Waals surface area contributed by atoms with E-state index in [0.717, 1.165) is 19.4 Å². The van der Waals surface area contributed by atoms with E-state index in [4.69, 9.17) is 9.57 Å². The largest absolute Gasteiger partial charge is 0.363 e. The van der Waals surface area contributed by atoms with Gasteiger partial charge in [-0.1, -0.05) is 17.2 Å². The molecule has 6 rings (SSSR count).